The van der Waals surface area contributed by atoms with Gasteiger partial charge in [0.2, 0.25) is 0 Å². The summed E-state index contributed by atoms with van der Waals surface area (Å²) >= 11 is 6.24. The van der Waals surface area contributed by atoms with Crippen LogP contribution in [0, 0.1) is 0 Å². The van der Waals surface area contributed by atoms with Gasteiger partial charge in [-0.1, -0.05) is 12.1 Å². The zero-order chi connectivity index (χ0) is 16.6. The van der Waals surface area contributed by atoms with Crippen LogP contribution in [0.2, 0.25) is 5.15 Å². The van der Waals surface area contributed by atoms with Crippen LogP contribution >= 0.6 is 11.6 Å². The quantitative estimate of drug-likeness (QED) is 0.478. The average Bonchev–Trinajstić information content (AvgIpc) is 2.86. The highest BCUT2D eigenvalue weighted by molar-refractivity contribution is 6.29. The van der Waals surface area contributed by atoms with Crippen LogP contribution in [0.5, 0.6) is 5.75 Å². The van der Waals surface area contributed by atoms with Gasteiger partial charge in [-0.3, -0.25) is 0 Å². The number of nitrogens with zero attached hydrogens (tertiary/aromatic N) is 3. The number of ether oxygens (including phenoxy) is 1. The number of imidazole rings is 1. The number of carbonyl (C=O) groups is 1. The van der Waals surface area contributed by atoms with Crippen LogP contribution in [0.1, 0.15) is 0 Å². The second-order valence-electron chi connectivity index (χ2n) is 5.44. The number of hydrogen-bond donors (Lipinski definition) is 0. The summed E-state index contributed by atoms with van der Waals surface area (Å²) in [6, 6.07) is 13.2. The Kier molecular flexibility index (Phi) is 5.36. The third-order valence-electron chi connectivity index (χ3n) is 3.61. The Hall–Kier alpha value is -2.24. The highest BCUT2D eigenvalue weighted by atomic mass is 35.5. The van der Waals surface area contributed by atoms with Gasteiger partial charge in [-0.15, -0.1) is 0 Å². The van der Waals surface area contributed by atoms with Gasteiger partial charge in [-0.2, -0.15) is 4.40 Å². The molecule has 3 aromatic rings. The maximum Gasteiger partial charge on any atom is 0.414 e. The second kappa shape index (κ2) is 7.11. The standard InChI is InChI=1S/C17H17ClN3O2.ClH/c1-19(2)17(22)23-13-7-4-6-12(10-13)14-11-21-15(18)8-5-9-16(21)20(14)3;/h4-11H,1-3H3;1H/q+1;/p-1. The van der Waals surface area contributed by atoms with Gasteiger partial charge >= 0.3 is 6.09 Å². The summed E-state index contributed by atoms with van der Waals surface area (Å²) in [6.45, 7) is 0. The second-order valence-corrected chi connectivity index (χ2v) is 5.83. The zero-order valence-electron chi connectivity index (χ0n) is 13.5. The number of hydrogen-bond acceptors (Lipinski definition) is 2. The summed E-state index contributed by atoms with van der Waals surface area (Å²) in [5.41, 5.74) is 2.89. The van der Waals surface area contributed by atoms with Crippen LogP contribution in [0.15, 0.2) is 48.7 Å². The van der Waals surface area contributed by atoms with Crippen LogP contribution in [0.3, 0.4) is 0 Å². The molecule has 0 aliphatic rings. The fourth-order valence-corrected chi connectivity index (χ4v) is 2.60. The monoisotopic (exact) mass is 365 g/mol. The maximum absolute atomic E-state index is 11.7. The van der Waals surface area contributed by atoms with Crippen molar-refractivity contribution in [2.45, 2.75) is 0 Å². The third-order valence-corrected chi connectivity index (χ3v) is 3.92. The predicted molar refractivity (Wildman–Crippen MR) is 88.7 cm³/mol. The normalized spacial score (nSPS) is 10.3. The molecule has 0 fully saturated rings. The molecule has 0 aliphatic heterocycles. The van der Waals surface area contributed by atoms with Crippen molar-refractivity contribution in [3.05, 3.63) is 53.8 Å². The Morgan fingerprint density at radius 2 is 1.92 bits per heavy atom. The van der Waals surface area contributed by atoms with Gasteiger partial charge in [0.1, 0.15) is 11.9 Å². The topological polar surface area (TPSA) is 37.8 Å². The van der Waals surface area contributed by atoms with Crippen molar-refractivity contribution in [3.8, 4) is 17.0 Å². The SMILES string of the molecule is CN(C)C(=O)Oc1cccc(-c2cn3c(Cl)cccc3[n+]2C)c1.[Cl-]. The largest absolute Gasteiger partial charge is 1.00 e. The number of carbonyl (C=O) groups excluding carboxylic acids is 1. The number of pyridine rings is 1. The number of fused-ring (bicyclic) bond motifs is 1. The van der Waals surface area contributed by atoms with Gasteiger partial charge in [0.05, 0.1) is 7.05 Å². The van der Waals surface area contributed by atoms with Crippen molar-refractivity contribution in [1.29, 1.82) is 0 Å². The molecule has 2 aromatic heterocycles. The highest BCUT2D eigenvalue weighted by Gasteiger charge is 2.18. The van der Waals surface area contributed by atoms with Crippen molar-refractivity contribution in [1.82, 2.24) is 9.30 Å². The van der Waals surface area contributed by atoms with Crippen LogP contribution in [0.4, 0.5) is 4.79 Å². The number of amides is 1. The van der Waals surface area contributed by atoms with Crippen molar-refractivity contribution >= 4 is 23.3 Å². The summed E-state index contributed by atoms with van der Waals surface area (Å²) in [7, 11) is 5.27. The average molecular weight is 366 g/mol. The summed E-state index contributed by atoms with van der Waals surface area (Å²) in [5.74, 6) is 0.502. The smallest absolute Gasteiger partial charge is 0.414 e. The first-order chi connectivity index (χ1) is 11.0. The Morgan fingerprint density at radius 3 is 2.58 bits per heavy atom. The van der Waals surface area contributed by atoms with E-state index in [1.807, 2.05) is 58.6 Å². The zero-order valence-corrected chi connectivity index (χ0v) is 15.0. The van der Waals surface area contributed by atoms with Crippen LogP contribution in [-0.2, 0) is 7.05 Å². The van der Waals surface area contributed by atoms with E-state index in [0.717, 1.165) is 16.9 Å². The fraction of sp³-hybridized carbons (Fsp3) is 0.176. The van der Waals surface area contributed by atoms with Gasteiger partial charge in [-0.25, -0.2) is 9.36 Å². The summed E-state index contributed by atoms with van der Waals surface area (Å²) in [5, 5.41) is 0.638. The van der Waals surface area contributed by atoms with E-state index >= 15 is 0 Å². The van der Waals surface area contributed by atoms with Crippen molar-refractivity contribution < 1.29 is 26.5 Å². The van der Waals surface area contributed by atoms with Crippen LogP contribution in [-0.4, -0.2) is 29.5 Å². The lowest BCUT2D eigenvalue weighted by molar-refractivity contribution is -0.633. The van der Waals surface area contributed by atoms with E-state index in [0.29, 0.717) is 10.9 Å². The molecular formula is C17H17Cl2N3O2. The molecule has 5 nitrogen and oxygen atoms in total. The van der Waals surface area contributed by atoms with Gasteiger partial charge < -0.3 is 22.0 Å². The van der Waals surface area contributed by atoms with E-state index in [-0.39, 0.29) is 12.4 Å². The molecule has 7 heteroatoms. The van der Waals surface area contributed by atoms with Gasteiger partial charge in [-0.05, 0) is 35.9 Å². The predicted octanol–water partition coefficient (Wildman–Crippen LogP) is 0.149. The van der Waals surface area contributed by atoms with Gasteiger partial charge in [0, 0.05) is 25.7 Å². The Balaban J connectivity index is 0.00000208. The molecule has 24 heavy (non-hydrogen) atoms. The first kappa shape index (κ1) is 18.1. The molecule has 0 saturated carbocycles. The molecule has 0 aliphatic carbocycles. The van der Waals surface area contributed by atoms with Crippen molar-refractivity contribution in [2.75, 3.05) is 14.1 Å². The number of halogens is 2. The lowest BCUT2D eigenvalue weighted by Crippen LogP contribution is -3.00. The van der Waals surface area contributed by atoms with Crippen molar-refractivity contribution in [3.63, 3.8) is 0 Å². The number of aromatic nitrogens is 2. The van der Waals surface area contributed by atoms with E-state index in [2.05, 4.69) is 0 Å². The lowest BCUT2D eigenvalue weighted by atomic mass is 10.1. The molecule has 3 rings (SSSR count). The highest BCUT2D eigenvalue weighted by Crippen LogP contribution is 2.24. The molecule has 1 amide bonds. The molecule has 0 atom stereocenters. The fourth-order valence-electron chi connectivity index (χ4n) is 2.40. The first-order valence-electron chi connectivity index (χ1n) is 7.12. The van der Waals surface area contributed by atoms with E-state index in [9.17, 15) is 4.79 Å². The minimum Gasteiger partial charge on any atom is -1.00 e. The van der Waals surface area contributed by atoms with Gasteiger partial charge in [0.15, 0.2) is 10.8 Å². The molecular weight excluding hydrogens is 349 g/mol. The molecule has 0 saturated heterocycles. The van der Waals surface area contributed by atoms with E-state index in [4.69, 9.17) is 16.3 Å². The molecule has 126 valence electrons. The van der Waals surface area contributed by atoms with E-state index in [1.165, 1.54) is 4.90 Å². The number of rotatable bonds is 2. The minimum absolute atomic E-state index is 0. The first-order valence-corrected chi connectivity index (χ1v) is 7.50. The van der Waals surface area contributed by atoms with E-state index in [1.54, 1.807) is 20.2 Å². The molecule has 0 N–H and O–H groups in total. The van der Waals surface area contributed by atoms with Crippen LogP contribution < -0.4 is 21.7 Å². The molecule has 0 unspecified atom stereocenters. The number of benzene rings is 1. The summed E-state index contributed by atoms with van der Waals surface area (Å²) < 4.78 is 9.27. The maximum atomic E-state index is 11.7. The molecule has 2 heterocycles. The van der Waals surface area contributed by atoms with Crippen LogP contribution in [0.25, 0.3) is 16.9 Å². The summed E-state index contributed by atoms with van der Waals surface area (Å²) in [4.78, 5) is 13.1. The van der Waals surface area contributed by atoms with E-state index < -0.39 is 6.09 Å². The number of aryl methyl sites for hydroxylation is 1. The molecule has 0 bridgehead atoms. The molecule has 0 radical (unpaired) electrons. The molecule has 0 spiro atoms. The van der Waals surface area contributed by atoms with Crippen molar-refractivity contribution in [2.24, 2.45) is 7.05 Å². The Morgan fingerprint density at radius 1 is 1.21 bits per heavy atom. The van der Waals surface area contributed by atoms with Gasteiger partial charge in [0.25, 0.3) is 5.65 Å². The third kappa shape index (κ3) is 3.32. The minimum atomic E-state index is -0.406. The lowest BCUT2D eigenvalue weighted by Gasteiger charge is -2.10. The summed E-state index contributed by atoms with van der Waals surface area (Å²) in [6.07, 6.45) is 1.56. The Bertz CT molecular complexity index is 891. The molecule has 1 aromatic carbocycles. The Labute approximate surface area is 151 Å².